The van der Waals surface area contributed by atoms with Crippen molar-refractivity contribution in [1.82, 2.24) is 10.2 Å². The van der Waals surface area contributed by atoms with Crippen LogP contribution in [0.4, 0.5) is 4.79 Å². The summed E-state index contributed by atoms with van der Waals surface area (Å²) in [5.74, 6) is -1.39. The van der Waals surface area contributed by atoms with Gasteiger partial charge in [0.2, 0.25) is 5.91 Å². The van der Waals surface area contributed by atoms with Gasteiger partial charge in [-0.1, -0.05) is 48.5 Å². The minimum Gasteiger partial charge on any atom is -0.480 e. The summed E-state index contributed by atoms with van der Waals surface area (Å²) >= 11 is 0. The lowest BCUT2D eigenvalue weighted by molar-refractivity contribution is -0.159. The standard InChI is InChI=1S/C26H28N2O5/c1-25(23(30)31)12-7-15-28(25)22(29)26(13-6-14-26)27-24(32)33-16-21-19-10-4-2-8-17(19)18-9-3-5-11-20(18)21/h2-5,8-11,21H,6-7,12-16H2,1H3,(H,27,32)(H,30,31)/t25-/m1/s1. The molecule has 0 spiro atoms. The molecule has 1 saturated carbocycles. The minimum atomic E-state index is -1.23. The number of nitrogens with zero attached hydrogens (tertiary/aromatic N) is 1. The van der Waals surface area contributed by atoms with E-state index in [1.165, 1.54) is 4.90 Å². The molecule has 172 valence electrons. The predicted octanol–water partition coefficient (Wildman–Crippen LogP) is 3.91. The number of likely N-dealkylation sites (tertiary alicyclic amines) is 1. The molecule has 0 bridgehead atoms. The number of benzene rings is 2. The highest BCUT2D eigenvalue weighted by atomic mass is 16.5. The Bertz CT molecular complexity index is 1080. The summed E-state index contributed by atoms with van der Waals surface area (Å²) < 4.78 is 5.65. The van der Waals surface area contributed by atoms with Crippen LogP contribution >= 0.6 is 0 Å². The van der Waals surface area contributed by atoms with Gasteiger partial charge in [0, 0.05) is 12.5 Å². The molecular weight excluding hydrogens is 420 g/mol. The lowest BCUT2D eigenvalue weighted by Gasteiger charge is -2.45. The van der Waals surface area contributed by atoms with Gasteiger partial charge in [-0.15, -0.1) is 0 Å². The monoisotopic (exact) mass is 448 g/mol. The molecule has 7 nitrogen and oxygen atoms in total. The first-order valence-corrected chi connectivity index (χ1v) is 11.5. The fourth-order valence-corrected chi connectivity index (χ4v) is 5.52. The molecule has 1 aliphatic heterocycles. The van der Waals surface area contributed by atoms with Crippen LogP contribution in [-0.2, 0) is 14.3 Å². The second-order valence-electron chi connectivity index (χ2n) is 9.53. The molecule has 1 heterocycles. The third-order valence-corrected chi connectivity index (χ3v) is 7.65. The van der Waals surface area contributed by atoms with Crippen molar-refractivity contribution in [3.05, 3.63) is 59.7 Å². The van der Waals surface area contributed by atoms with Crippen molar-refractivity contribution in [2.24, 2.45) is 0 Å². The van der Waals surface area contributed by atoms with Crippen molar-refractivity contribution in [2.75, 3.05) is 13.2 Å². The van der Waals surface area contributed by atoms with E-state index in [-0.39, 0.29) is 18.4 Å². The first-order valence-electron chi connectivity index (χ1n) is 11.5. The Hall–Kier alpha value is -3.35. The summed E-state index contributed by atoms with van der Waals surface area (Å²) in [6.07, 6.45) is 2.18. The number of alkyl carbamates (subject to hydrolysis) is 1. The topological polar surface area (TPSA) is 95.9 Å². The highest BCUT2D eigenvalue weighted by Gasteiger charge is 2.55. The Morgan fingerprint density at radius 1 is 1.00 bits per heavy atom. The molecule has 0 unspecified atom stereocenters. The number of carbonyl (C=O) groups is 3. The molecule has 2 amide bonds. The summed E-state index contributed by atoms with van der Waals surface area (Å²) in [5, 5.41) is 12.5. The van der Waals surface area contributed by atoms with Crippen LogP contribution in [0.3, 0.4) is 0 Å². The lowest BCUT2D eigenvalue weighted by atomic mass is 9.75. The van der Waals surface area contributed by atoms with Crippen molar-refractivity contribution in [3.63, 3.8) is 0 Å². The fraction of sp³-hybridized carbons (Fsp3) is 0.423. The van der Waals surface area contributed by atoms with Crippen molar-refractivity contribution in [2.45, 2.75) is 56.0 Å². The van der Waals surface area contributed by atoms with Crippen molar-refractivity contribution < 1.29 is 24.2 Å². The van der Waals surface area contributed by atoms with Gasteiger partial charge in [-0.2, -0.15) is 0 Å². The number of ether oxygens (including phenoxy) is 1. The number of carboxylic acids is 1. The molecule has 2 aliphatic carbocycles. The van der Waals surface area contributed by atoms with Gasteiger partial charge in [0.25, 0.3) is 0 Å². The number of aliphatic carboxylic acids is 1. The quantitative estimate of drug-likeness (QED) is 0.723. The number of rotatable bonds is 5. The van der Waals surface area contributed by atoms with Gasteiger partial charge in [0.05, 0.1) is 0 Å². The molecule has 2 aromatic carbocycles. The van der Waals surface area contributed by atoms with Crippen LogP contribution in [0, 0.1) is 0 Å². The predicted molar refractivity (Wildman–Crippen MR) is 122 cm³/mol. The maximum absolute atomic E-state index is 13.4. The van der Waals surface area contributed by atoms with E-state index in [0.717, 1.165) is 28.7 Å². The number of fused-ring (bicyclic) bond motifs is 3. The van der Waals surface area contributed by atoms with Crippen molar-refractivity contribution in [1.29, 1.82) is 0 Å². The Kier molecular flexibility index (Phi) is 5.15. The third-order valence-electron chi connectivity index (χ3n) is 7.65. The van der Waals surface area contributed by atoms with Crippen LogP contribution in [-0.4, -0.2) is 52.2 Å². The Balaban J connectivity index is 1.29. The summed E-state index contributed by atoms with van der Waals surface area (Å²) in [7, 11) is 0. The Morgan fingerprint density at radius 3 is 2.15 bits per heavy atom. The molecule has 2 aromatic rings. The summed E-state index contributed by atoms with van der Waals surface area (Å²) in [6.45, 7) is 2.14. The first kappa shape index (κ1) is 21.5. The fourth-order valence-electron chi connectivity index (χ4n) is 5.52. The van der Waals surface area contributed by atoms with E-state index in [1.807, 2.05) is 24.3 Å². The zero-order valence-electron chi connectivity index (χ0n) is 18.7. The van der Waals surface area contributed by atoms with Gasteiger partial charge in [-0.3, -0.25) is 4.79 Å². The Labute approximate surface area is 192 Å². The molecule has 0 aromatic heterocycles. The largest absolute Gasteiger partial charge is 0.480 e. The molecule has 0 radical (unpaired) electrons. The van der Waals surface area contributed by atoms with E-state index in [9.17, 15) is 19.5 Å². The maximum atomic E-state index is 13.4. The Morgan fingerprint density at radius 2 is 1.61 bits per heavy atom. The number of carboxylic acid groups (broad SMARTS) is 1. The minimum absolute atomic E-state index is 0.0647. The van der Waals surface area contributed by atoms with E-state index in [1.54, 1.807) is 6.92 Å². The van der Waals surface area contributed by atoms with Gasteiger partial charge in [-0.05, 0) is 61.3 Å². The van der Waals surface area contributed by atoms with Crippen LogP contribution in [0.2, 0.25) is 0 Å². The van der Waals surface area contributed by atoms with Gasteiger partial charge in [-0.25, -0.2) is 9.59 Å². The third kappa shape index (κ3) is 3.37. The zero-order chi connectivity index (χ0) is 23.2. The van der Waals surface area contributed by atoms with Crippen LogP contribution in [0.25, 0.3) is 11.1 Å². The van der Waals surface area contributed by atoms with E-state index in [0.29, 0.717) is 32.2 Å². The van der Waals surface area contributed by atoms with Crippen LogP contribution < -0.4 is 5.32 Å². The highest BCUT2D eigenvalue weighted by molar-refractivity contribution is 5.95. The molecule has 33 heavy (non-hydrogen) atoms. The number of amides is 2. The van der Waals surface area contributed by atoms with E-state index in [4.69, 9.17) is 4.74 Å². The van der Waals surface area contributed by atoms with Gasteiger partial charge in [0.15, 0.2) is 0 Å². The summed E-state index contributed by atoms with van der Waals surface area (Å²) in [6, 6.07) is 16.2. The van der Waals surface area contributed by atoms with Gasteiger partial charge in [0.1, 0.15) is 17.7 Å². The number of nitrogens with one attached hydrogen (secondary N) is 1. The smallest absolute Gasteiger partial charge is 0.408 e. The van der Waals surface area contributed by atoms with E-state index in [2.05, 4.69) is 29.6 Å². The number of carbonyl (C=O) groups excluding carboxylic acids is 2. The van der Waals surface area contributed by atoms with Crippen LogP contribution in [0.15, 0.2) is 48.5 Å². The van der Waals surface area contributed by atoms with Crippen LogP contribution in [0.5, 0.6) is 0 Å². The normalized spacial score (nSPS) is 22.8. The average molecular weight is 449 g/mol. The van der Waals surface area contributed by atoms with Gasteiger partial charge >= 0.3 is 12.1 Å². The second-order valence-corrected chi connectivity index (χ2v) is 9.53. The summed E-state index contributed by atoms with van der Waals surface area (Å²) in [5.41, 5.74) is 2.22. The number of hydrogen-bond acceptors (Lipinski definition) is 4. The summed E-state index contributed by atoms with van der Waals surface area (Å²) in [4.78, 5) is 39.5. The molecule has 2 fully saturated rings. The molecule has 1 atom stereocenters. The molecular formula is C26H28N2O5. The molecule has 1 saturated heterocycles. The average Bonchev–Trinajstić information content (AvgIpc) is 3.33. The second kappa shape index (κ2) is 7.90. The van der Waals surface area contributed by atoms with Gasteiger partial charge < -0.3 is 20.1 Å². The van der Waals surface area contributed by atoms with Crippen molar-refractivity contribution >= 4 is 18.0 Å². The van der Waals surface area contributed by atoms with Crippen LogP contribution in [0.1, 0.15) is 56.1 Å². The molecule has 3 aliphatic rings. The molecule has 2 N–H and O–H groups in total. The zero-order valence-corrected chi connectivity index (χ0v) is 18.7. The maximum Gasteiger partial charge on any atom is 0.408 e. The van der Waals surface area contributed by atoms with E-state index >= 15 is 0 Å². The molecule has 5 rings (SSSR count). The van der Waals surface area contributed by atoms with E-state index < -0.39 is 23.1 Å². The lowest BCUT2D eigenvalue weighted by Crippen LogP contribution is -2.66. The highest BCUT2D eigenvalue weighted by Crippen LogP contribution is 2.44. The van der Waals surface area contributed by atoms with Crippen molar-refractivity contribution in [3.8, 4) is 11.1 Å². The SMILES string of the molecule is C[C@]1(C(=O)O)CCCN1C(=O)C1(NC(=O)OCC2c3ccccc3-c3ccccc32)CCC1. The first-order chi connectivity index (χ1) is 15.9. The molecule has 7 heteroatoms. The number of hydrogen-bond donors (Lipinski definition) is 2.